The summed E-state index contributed by atoms with van der Waals surface area (Å²) in [6, 6.07) is 15.6. The number of nitro benzene ring substituents is 1. The minimum atomic E-state index is -0.489. The number of nitro groups is 1. The number of methoxy groups -OCH3 is 1. The van der Waals surface area contributed by atoms with E-state index in [0.717, 1.165) is 12.1 Å². The molecule has 3 aromatic rings. The zero-order valence-electron chi connectivity index (χ0n) is 17.3. The topological polar surface area (TPSA) is 107 Å². The van der Waals surface area contributed by atoms with Gasteiger partial charge in [0.1, 0.15) is 17.3 Å². The summed E-state index contributed by atoms with van der Waals surface area (Å²) in [4.78, 5) is 27.8. The molecule has 2 heterocycles. The van der Waals surface area contributed by atoms with Gasteiger partial charge in [0.15, 0.2) is 5.17 Å². The van der Waals surface area contributed by atoms with Crippen LogP contribution >= 0.6 is 11.8 Å². The fraction of sp³-hybridized carbons (Fsp3) is 0.130. The second kappa shape index (κ2) is 9.11. The molecule has 32 heavy (non-hydrogen) atoms. The van der Waals surface area contributed by atoms with Gasteiger partial charge >= 0.3 is 0 Å². The third kappa shape index (κ3) is 4.57. The largest absolute Gasteiger partial charge is 0.496 e. The SMILES string of the molecule is CCc1ccc(N=C2NC(=O)/C(=C/c3ccc(-c4ccc([N+](=O)[O-])cc4OC)o3)S2)cc1. The number of ether oxygens (including phenoxy) is 1. The van der Waals surface area contributed by atoms with Gasteiger partial charge in [-0.05, 0) is 54.1 Å². The van der Waals surface area contributed by atoms with E-state index in [2.05, 4.69) is 17.2 Å². The quantitative estimate of drug-likeness (QED) is 0.310. The van der Waals surface area contributed by atoms with Crippen LogP contribution in [-0.4, -0.2) is 23.1 Å². The Morgan fingerprint density at radius 3 is 2.66 bits per heavy atom. The molecule has 162 valence electrons. The van der Waals surface area contributed by atoms with Gasteiger partial charge in [0.2, 0.25) is 0 Å². The lowest BCUT2D eigenvalue weighted by Crippen LogP contribution is -2.19. The number of nitrogens with one attached hydrogen (secondary N) is 1. The molecule has 2 aromatic carbocycles. The molecule has 0 atom stereocenters. The van der Waals surface area contributed by atoms with Crippen molar-refractivity contribution in [1.29, 1.82) is 0 Å². The Bertz CT molecular complexity index is 1240. The molecule has 1 amide bonds. The number of rotatable bonds is 6. The van der Waals surface area contributed by atoms with Crippen LogP contribution < -0.4 is 10.1 Å². The average molecular weight is 449 g/mol. The number of amidine groups is 1. The summed E-state index contributed by atoms with van der Waals surface area (Å²) in [6.45, 7) is 2.09. The maximum absolute atomic E-state index is 12.4. The third-order valence-corrected chi connectivity index (χ3v) is 5.70. The number of nitrogens with zero attached hydrogens (tertiary/aromatic N) is 2. The van der Waals surface area contributed by atoms with Gasteiger partial charge in [-0.3, -0.25) is 14.9 Å². The van der Waals surface area contributed by atoms with Crippen molar-refractivity contribution >= 4 is 40.3 Å². The van der Waals surface area contributed by atoms with Gasteiger partial charge in [0, 0.05) is 12.1 Å². The highest BCUT2D eigenvalue weighted by Gasteiger charge is 2.24. The van der Waals surface area contributed by atoms with Gasteiger partial charge in [0.25, 0.3) is 11.6 Å². The standard InChI is InChI=1S/C23H19N3O5S/c1-3-14-4-6-15(7-5-14)24-23-25-22(27)21(32-23)13-17-9-11-19(31-17)18-10-8-16(26(28)29)12-20(18)30-2/h4-13H,3H2,1-2H3,(H,24,25,27)/b21-13-. The second-order valence-corrected chi connectivity index (χ2v) is 7.88. The highest BCUT2D eigenvalue weighted by Crippen LogP contribution is 2.35. The van der Waals surface area contributed by atoms with E-state index >= 15 is 0 Å². The van der Waals surface area contributed by atoms with E-state index in [1.165, 1.54) is 36.6 Å². The first-order valence-electron chi connectivity index (χ1n) is 9.78. The zero-order valence-corrected chi connectivity index (χ0v) is 18.1. The van der Waals surface area contributed by atoms with Crippen LogP contribution in [0.1, 0.15) is 18.2 Å². The number of carbonyl (C=O) groups is 1. The third-order valence-electron chi connectivity index (χ3n) is 4.79. The first-order valence-corrected chi connectivity index (χ1v) is 10.6. The van der Waals surface area contributed by atoms with E-state index in [1.54, 1.807) is 24.3 Å². The number of hydrogen-bond acceptors (Lipinski definition) is 7. The van der Waals surface area contributed by atoms with Crippen molar-refractivity contribution in [3.63, 3.8) is 0 Å². The summed E-state index contributed by atoms with van der Waals surface area (Å²) in [5.41, 5.74) is 2.48. The Hall–Kier alpha value is -3.85. The number of benzene rings is 2. The van der Waals surface area contributed by atoms with Gasteiger partial charge in [-0.2, -0.15) is 0 Å². The number of non-ortho nitro benzene ring substituents is 1. The Morgan fingerprint density at radius 1 is 1.19 bits per heavy atom. The van der Waals surface area contributed by atoms with E-state index in [1.807, 2.05) is 24.3 Å². The predicted molar refractivity (Wildman–Crippen MR) is 124 cm³/mol. The molecular weight excluding hydrogens is 430 g/mol. The summed E-state index contributed by atoms with van der Waals surface area (Å²) in [5.74, 6) is 0.998. The van der Waals surface area contributed by atoms with E-state index < -0.39 is 4.92 Å². The van der Waals surface area contributed by atoms with Crippen molar-refractivity contribution in [3.8, 4) is 17.1 Å². The molecule has 0 aliphatic carbocycles. The lowest BCUT2D eigenvalue weighted by molar-refractivity contribution is -0.384. The van der Waals surface area contributed by atoms with Crippen molar-refractivity contribution in [2.24, 2.45) is 4.99 Å². The first kappa shape index (κ1) is 21.4. The smallest absolute Gasteiger partial charge is 0.273 e. The lowest BCUT2D eigenvalue weighted by atomic mass is 10.1. The predicted octanol–water partition coefficient (Wildman–Crippen LogP) is 5.32. The van der Waals surface area contributed by atoms with Gasteiger partial charge in [-0.15, -0.1) is 0 Å². The van der Waals surface area contributed by atoms with Crippen LogP contribution in [0, 0.1) is 10.1 Å². The molecule has 8 nitrogen and oxygen atoms in total. The van der Waals surface area contributed by atoms with Gasteiger partial charge in [-0.25, -0.2) is 4.99 Å². The van der Waals surface area contributed by atoms with E-state index in [-0.39, 0.29) is 11.6 Å². The van der Waals surface area contributed by atoms with E-state index in [4.69, 9.17) is 9.15 Å². The van der Waals surface area contributed by atoms with Gasteiger partial charge in [-0.1, -0.05) is 19.1 Å². The number of thioether (sulfide) groups is 1. The van der Waals surface area contributed by atoms with Crippen molar-refractivity contribution in [2.45, 2.75) is 13.3 Å². The number of carbonyl (C=O) groups excluding carboxylic acids is 1. The fourth-order valence-corrected chi connectivity index (χ4v) is 3.93. The Balaban J connectivity index is 1.55. The van der Waals surface area contributed by atoms with Crippen LogP contribution in [0.5, 0.6) is 5.75 Å². The van der Waals surface area contributed by atoms with E-state index in [9.17, 15) is 14.9 Å². The molecule has 9 heteroatoms. The number of aryl methyl sites for hydroxylation is 1. The minimum absolute atomic E-state index is 0.0744. The van der Waals surface area contributed by atoms with Crippen LogP contribution in [0.15, 0.2) is 68.9 Å². The monoisotopic (exact) mass is 449 g/mol. The minimum Gasteiger partial charge on any atom is -0.496 e. The van der Waals surface area contributed by atoms with Crippen molar-refractivity contribution < 1.29 is 18.9 Å². The normalized spacial score (nSPS) is 15.9. The number of furan rings is 1. The lowest BCUT2D eigenvalue weighted by Gasteiger charge is -2.05. The van der Waals surface area contributed by atoms with Crippen molar-refractivity contribution in [1.82, 2.24) is 5.32 Å². The van der Waals surface area contributed by atoms with Crippen molar-refractivity contribution in [2.75, 3.05) is 7.11 Å². The molecule has 0 unspecified atom stereocenters. The average Bonchev–Trinajstić information content (AvgIpc) is 3.40. The van der Waals surface area contributed by atoms with Gasteiger partial charge in [0.05, 0.1) is 34.3 Å². The number of aliphatic imine (C=N–C) groups is 1. The Kier molecular flexibility index (Phi) is 6.09. The van der Waals surface area contributed by atoms with Crippen LogP contribution in [0.3, 0.4) is 0 Å². The highest BCUT2D eigenvalue weighted by atomic mass is 32.2. The van der Waals surface area contributed by atoms with Gasteiger partial charge < -0.3 is 14.5 Å². The molecule has 1 aromatic heterocycles. The molecule has 4 rings (SSSR count). The van der Waals surface area contributed by atoms with Crippen LogP contribution in [0.25, 0.3) is 17.4 Å². The van der Waals surface area contributed by atoms with E-state index in [0.29, 0.717) is 32.9 Å². The molecule has 1 aliphatic heterocycles. The first-order chi connectivity index (χ1) is 15.5. The fourth-order valence-electron chi connectivity index (χ4n) is 3.11. The zero-order chi connectivity index (χ0) is 22.7. The number of amides is 1. The summed E-state index contributed by atoms with van der Waals surface area (Å²) < 4.78 is 11.1. The molecule has 1 fully saturated rings. The molecule has 1 aliphatic rings. The molecule has 0 bridgehead atoms. The molecule has 1 N–H and O–H groups in total. The molecule has 0 radical (unpaired) electrons. The molecule has 0 saturated carbocycles. The maximum atomic E-state index is 12.4. The molecule has 1 saturated heterocycles. The molecular formula is C23H19N3O5S. The van der Waals surface area contributed by atoms with Crippen LogP contribution in [0.2, 0.25) is 0 Å². The second-order valence-electron chi connectivity index (χ2n) is 6.85. The van der Waals surface area contributed by atoms with Crippen LogP contribution in [0.4, 0.5) is 11.4 Å². The maximum Gasteiger partial charge on any atom is 0.273 e. The highest BCUT2D eigenvalue weighted by molar-refractivity contribution is 8.18. The number of hydrogen-bond donors (Lipinski definition) is 1. The van der Waals surface area contributed by atoms with Crippen LogP contribution in [-0.2, 0) is 11.2 Å². The summed E-state index contributed by atoms with van der Waals surface area (Å²) in [7, 11) is 1.44. The summed E-state index contributed by atoms with van der Waals surface area (Å²) in [5, 5.41) is 14.2. The summed E-state index contributed by atoms with van der Waals surface area (Å²) >= 11 is 1.23. The Morgan fingerprint density at radius 2 is 1.97 bits per heavy atom. The summed E-state index contributed by atoms with van der Waals surface area (Å²) in [6.07, 6.45) is 2.58. The molecule has 0 spiro atoms. The van der Waals surface area contributed by atoms with Crippen molar-refractivity contribution in [3.05, 3.63) is 80.9 Å². The Labute approximate surface area is 188 Å².